The van der Waals surface area contributed by atoms with Crippen LogP contribution in [0.5, 0.6) is 5.75 Å². The highest BCUT2D eigenvalue weighted by atomic mass is 19.1. The van der Waals surface area contributed by atoms with Crippen molar-refractivity contribution in [2.75, 3.05) is 33.8 Å². The van der Waals surface area contributed by atoms with Crippen LogP contribution in [0.15, 0.2) is 46.0 Å². The fraction of sp³-hybridized carbons (Fsp3) is 0.478. The zero-order valence-corrected chi connectivity index (χ0v) is 18.4. The van der Waals surface area contributed by atoms with Gasteiger partial charge < -0.3 is 24.7 Å². The molecule has 0 saturated heterocycles. The summed E-state index contributed by atoms with van der Waals surface area (Å²) >= 11 is 0. The number of aliphatic imine (C=N–C) groups is 1. The first-order valence-electron chi connectivity index (χ1n) is 10.6. The van der Waals surface area contributed by atoms with Crippen LogP contribution < -0.4 is 15.4 Å². The molecule has 3 rings (SSSR count). The fourth-order valence-electron chi connectivity index (χ4n) is 2.88. The number of amides is 1. The normalized spacial score (nSPS) is 14.8. The summed E-state index contributed by atoms with van der Waals surface area (Å²) in [6, 6.07) is 8.50. The van der Waals surface area contributed by atoms with Crippen LogP contribution in [-0.4, -0.2) is 50.6 Å². The first-order valence-corrected chi connectivity index (χ1v) is 10.6. The lowest BCUT2D eigenvalue weighted by Crippen LogP contribution is -2.40. The van der Waals surface area contributed by atoms with E-state index in [0.29, 0.717) is 31.4 Å². The molecular formula is C23H31FN4O3. The molecule has 1 fully saturated rings. The maximum absolute atomic E-state index is 14.5. The molecule has 1 saturated carbocycles. The van der Waals surface area contributed by atoms with Crippen molar-refractivity contribution < 1.29 is 18.3 Å². The molecule has 1 unspecified atom stereocenters. The Morgan fingerprint density at radius 2 is 2.16 bits per heavy atom. The lowest BCUT2D eigenvalue weighted by molar-refractivity contribution is -0.127. The third-order valence-corrected chi connectivity index (χ3v) is 5.10. The monoisotopic (exact) mass is 430 g/mol. The van der Waals surface area contributed by atoms with Gasteiger partial charge in [-0.3, -0.25) is 4.79 Å². The van der Waals surface area contributed by atoms with Crippen LogP contribution in [0.3, 0.4) is 0 Å². The van der Waals surface area contributed by atoms with Gasteiger partial charge in [-0.1, -0.05) is 6.07 Å². The van der Waals surface area contributed by atoms with E-state index in [0.717, 1.165) is 24.2 Å². The van der Waals surface area contributed by atoms with Crippen LogP contribution in [0.2, 0.25) is 0 Å². The Bertz CT molecular complexity index is 879. The summed E-state index contributed by atoms with van der Waals surface area (Å²) in [5.41, 5.74) is 0.760. The Kier molecular flexibility index (Phi) is 7.92. The summed E-state index contributed by atoms with van der Waals surface area (Å²) in [4.78, 5) is 17.8. The van der Waals surface area contributed by atoms with Crippen LogP contribution in [0.25, 0.3) is 0 Å². The number of halogens is 1. The largest absolute Gasteiger partial charge is 0.490 e. The van der Waals surface area contributed by atoms with Crippen LogP contribution in [0, 0.1) is 11.7 Å². The van der Waals surface area contributed by atoms with Gasteiger partial charge in [-0.2, -0.15) is 0 Å². The van der Waals surface area contributed by atoms with E-state index >= 15 is 0 Å². The third kappa shape index (κ3) is 7.31. The molecule has 0 radical (unpaired) electrons. The molecule has 1 heterocycles. The Labute approximate surface area is 182 Å². The highest BCUT2D eigenvalue weighted by Crippen LogP contribution is 2.30. The standard InChI is InChI=1S/C23H31FN4O3/c1-16(18-8-9-21(20(24)13-18)31-15-17-6-7-17)27-23(26-14-22(29)28(2)3)25-11-10-19-5-4-12-30-19/h4-5,8-9,12-13,16-17H,6-7,10-11,14-15H2,1-3H3,(H2,25,26,27). The molecule has 1 aromatic carbocycles. The Hall–Kier alpha value is -3.03. The molecule has 0 aliphatic heterocycles. The van der Waals surface area contributed by atoms with E-state index in [1.165, 1.54) is 11.0 Å². The van der Waals surface area contributed by atoms with E-state index in [1.807, 2.05) is 25.1 Å². The fourth-order valence-corrected chi connectivity index (χ4v) is 2.88. The first kappa shape index (κ1) is 22.7. The minimum absolute atomic E-state index is 0.0120. The van der Waals surface area contributed by atoms with E-state index in [1.54, 1.807) is 26.4 Å². The molecule has 1 amide bonds. The molecule has 31 heavy (non-hydrogen) atoms. The number of nitrogens with zero attached hydrogens (tertiary/aromatic N) is 2. The summed E-state index contributed by atoms with van der Waals surface area (Å²) in [6.07, 6.45) is 4.62. The van der Waals surface area contributed by atoms with Crippen LogP contribution >= 0.6 is 0 Å². The number of hydrogen-bond donors (Lipinski definition) is 2. The highest BCUT2D eigenvalue weighted by molar-refractivity contribution is 5.85. The van der Waals surface area contributed by atoms with Crippen molar-refractivity contribution >= 4 is 11.9 Å². The molecule has 1 aromatic heterocycles. The predicted octanol–water partition coefficient (Wildman–Crippen LogP) is 3.13. The van der Waals surface area contributed by atoms with Gasteiger partial charge in [0.15, 0.2) is 17.5 Å². The molecule has 2 aromatic rings. The zero-order chi connectivity index (χ0) is 22.2. The second-order valence-electron chi connectivity index (χ2n) is 8.02. The molecule has 7 nitrogen and oxygen atoms in total. The van der Waals surface area contributed by atoms with Crippen molar-refractivity contribution in [3.8, 4) is 5.75 Å². The number of carbonyl (C=O) groups excluding carboxylic acids is 1. The third-order valence-electron chi connectivity index (χ3n) is 5.10. The smallest absolute Gasteiger partial charge is 0.243 e. The van der Waals surface area contributed by atoms with E-state index < -0.39 is 0 Å². The molecule has 0 spiro atoms. The quantitative estimate of drug-likeness (QED) is 0.447. The van der Waals surface area contributed by atoms with Crippen LogP contribution in [0.1, 0.15) is 37.1 Å². The van der Waals surface area contributed by atoms with Gasteiger partial charge in [-0.25, -0.2) is 9.38 Å². The van der Waals surface area contributed by atoms with Crippen molar-refractivity contribution in [2.45, 2.75) is 32.2 Å². The maximum Gasteiger partial charge on any atom is 0.243 e. The number of nitrogens with one attached hydrogen (secondary N) is 2. The van der Waals surface area contributed by atoms with Gasteiger partial charge in [-0.05, 0) is 55.5 Å². The summed E-state index contributed by atoms with van der Waals surface area (Å²) < 4.78 is 25.4. The molecular weight excluding hydrogens is 399 g/mol. The summed E-state index contributed by atoms with van der Waals surface area (Å²) in [5.74, 6) is 1.69. The van der Waals surface area contributed by atoms with Crippen molar-refractivity contribution in [3.05, 3.63) is 53.7 Å². The van der Waals surface area contributed by atoms with Crippen LogP contribution in [0.4, 0.5) is 4.39 Å². The molecule has 0 bridgehead atoms. The van der Waals surface area contributed by atoms with E-state index in [2.05, 4.69) is 15.6 Å². The second-order valence-corrected chi connectivity index (χ2v) is 8.02. The van der Waals surface area contributed by atoms with Gasteiger partial charge in [0.1, 0.15) is 12.3 Å². The summed E-state index contributed by atoms with van der Waals surface area (Å²) in [7, 11) is 3.38. The van der Waals surface area contributed by atoms with Crippen LogP contribution in [-0.2, 0) is 11.2 Å². The van der Waals surface area contributed by atoms with Crippen molar-refractivity contribution in [2.24, 2.45) is 10.9 Å². The number of furan rings is 1. The summed E-state index contributed by atoms with van der Waals surface area (Å²) in [6.45, 7) is 3.07. The average molecular weight is 431 g/mol. The van der Waals surface area contributed by atoms with Gasteiger partial charge in [0.05, 0.1) is 18.9 Å². The molecule has 1 aliphatic rings. The number of hydrogen-bond acceptors (Lipinski definition) is 4. The molecule has 8 heteroatoms. The summed E-state index contributed by atoms with van der Waals surface area (Å²) in [5, 5.41) is 6.45. The number of guanidine groups is 1. The van der Waals surface area contributed by atoms with Gasteiger partial charge >= 0.3 is 0 Å². The number of ether oxygens (including phenoxy) is 1. The van der Waals surface area contributed by atoms with Gasteiger partial charge in [0, 0.05) is 27.1 Å². The Morgan fingerprint density at radius 3 is 2.81 bits per heavy atom. The number of likely N-dealkylation sites (N-methyl/N-ethyl adjacent to an activating group) is 1. The van der Waals surface area contributed by atoms with Crippen molar-refractivity contribution in [3.63, 3.8) is 0 Å². The number of rotatable bonds is 10. The van der Waals surface area contributed by atoms with Crippen molar-refractivity contribution in [1.82, 2.24) is 15.5 Å². The first-order chi connectivity index (χ1) is 14.9. The number of benzene rings is 1. The molecule has 1 aliphatic carbocycles. The predicted molar refractivity (Wildman–Crippen MR) is 118 cm³/mol. The molecule has 1 atom stereocenters. The zero-order valence-electron chi connectivity index (χ0n) is 18.4. The maximum atomic E-state index is 14.5. The minimum Gasteiger partial charge on any atom is -0.490 e. The average Bonchev–Trinajstić information content (AvgIpc) is 3.43. The lowest BCUT2D eigenvalue weighted by Gasteiger charge is -2.19. The SMILES string of the molecule is CC(NC(=NCC(=O)N(C)C)NCCc1ccco1)c1ccc(OCC2CC2)c(F)c1. The van der Waals surface area contributed by atoms with Crippen molar-refractivity contribution in [1.29, 1.82) is 0 Å². The van der Waals surface area contributed by atoms with E-state index in [4.69, 9.17) is 9.15 Å². The minimum atomic E-state index is -0.376. The van der Waals surface area contributed by atoms with E-state index in [-0.39, 0.29) is 30.1 Å². The molecule has 168 valence electrons. The molecule has 2 N–H and O–H groups in total. The van der Waals surface area contributed by atoms with Gasteiger partial charge in [-0.15, -0.1) is 0 Å². The van der Waals surface area contributed by atoms with Gasteiger partial charge in [0.2, 0.25) is 5.91 Å². The van der Waals surface area contributed by atoms with E-state index in [9.17, 15) is 9.18 Å². The Balaban J connectivity index is 1.61. The second kappa shape index (κ2) is 10.8. The lowest BCUT2D eigenvalue weighted by atomic mass is 10.1. The van der Waals surface area contributed by atoms with Gasteiger partial charge in [0.25, 0.3) is 0 Å². The number of carbonyl (C=O) groups is 1. The Morgan fingerprint density at radius 1 is 1.35 bits per heavy atom. The highest BCUT2D eigenvalue weighted by Gasteiger charge is 2.22. The topological polar surface area (TPSA) is 79.1 Å².